The third-order valence-corrected chi connectivity index (χ3v) is 3.31. The number of hydrogen-bond acceptors (Lipinski definition) is 3. The minimum absolute atomic E-state index is 0.00912. The highest BCUT2D eigenvalue weighted by Crippen LogP contribution is 2.35. The maximum absolute atomic E-state index is 12.4. The van der Waals surface area contributed by atoms with E-state index < -0.39 is 0 Å². The summed E-state index contributed by atoms with van der Waals surface area (Å²) in [6.45, 7) is 0.598. The van der Waals surface area contributed by atoms with Crippen molar-refractivity contribution in [2.45, 2.75) is 6.42 Å². The van der Waals surface area contributed by atoms with Crippen LogP contribution in [-0.4, -0.2) is 12.5 Å². The Hall–Kier alpha value is -2.80. The van der Waals surface area contributed by atoms with Crippen molar-refractivity contribution in [2.24, 2.45) is 0 Å². The standard InChI is InChI=1S/C16H13N3O/c17-11-12-5-1-3-7-14(12)19-15-8-4-2-6-13(15)18-10-9-16(19)20/h1-8,18H,9-10H2. The van der Waals surface area contributed by atoms with E-state index in [4.69, 9.17) is 0 Å². The highest BCUT2D eigenvalue weighted by molar-refractivity contribution is 6.05. The number of nitrogens with zero attached hydrogens (tertiary/aromatic N) is 2. The Labute approximate surface area is 117 Å². The number of hydrogen-bond donors (Lipinski definition) is 1. The summed E-state index contributed by atoms with van der Waals surface area (Å²) in [6.07, 6.45) is 0.397. The van der Waals surface area contributed by atoms with E-state index in [-0.39, 0.29) is 5.91 Å². The van der Waals surface area contributed by atoms with Gasteiger partial charge in [-0.05, 0) is 24.3 Å². The van der Waals surface area contributed by atoms with Gasteiger partial charge in [0.25, 0.3) is 0 Å². The second kappa shape index (κ2) is 5.06. The van der Waals surface area contributed by atoms with Crippen LogP contribution in [-0.2, 0) is 4.79 Å². The second-order valence-corrected chi connectivity index (χ2v) is 4.55. The van der Waals surface area contributed by atoms with Crippen LogP contribution in [0.1, 0.15) is 12.0 Å². The normalized spacial score (nSPS) is 13.9. The molecule has 0 atom stereocenters. The molecular weight excluding hydrogens is 250 g/mol. The summed E-state index contributed by atoms with van der Waals surface area (Å²) in [6, 6.07) is 17.0. The van der Waals surface area contributed by atoms with Crippen molar-refractivity contribution >= 4 is 23.0 Å². The van der Waals surface area contributed by atoms with E-state index >= 15 is 0 Å². The summed E-state index contributed by atoms with van der Waals surface area (Å²) in [5.74, 6) is -0.00912. The zero-order chi connectivity index (χ0) is 13.9. The molecule has 0 radical (unpaired) electrons. The molecular formula is C16H13N3O. The molecule has 0 saturated carbocycles. The van der Waals surface area contributed by atoms with Crippen molar-refractivity contribution in [3.8, 4) is 6.07 Å². The quantitative estimate of drug-likeness (QED) is 0.860. The van der Waals surface area contributed by atoms with Crippen LogP contribution in [0.25, 0.3) is 0 Å². The van der Waals surface area contributed by atoms with E-state index in [0.29, 0.717) is 24.2 Å². The molecule has 1 aliphatic heterocycles. The number of carbonyl (C=O) groups is 1. The van der Waals surface area contributed by atoms with Crippen LogP contribution in [0.4, 0.5) is 17.1 Å². The fraction of sp³-hybridized carbons (Fsp3) is 0.125. The monoisotopic (exact) mass is 263 g/mol. The fourth-order valence-corrected chi connectivity index (χ4v) is 2.40. The number of anilines is 3. The smallest absolute Gasteiger partial charge is 0.233 e. The number of benzene rings is 2. The van der Waals surface area contributed by atoms with Crippen LogP contribution in [0, 0.1) is 11.3 Å². The molecule has 0 bridgehead atoms. The van der Waals surface area contributed by atoms with E-state index in [2.05, 4.69) is 11.4 Å². The van der Waals surface area contributed by atoms with Gasteiger partial charge in [-0.3, -0.25) is 9.69 Å². The molecule has 0 unspecified atom stereocenters. The van der Waals surface area contributed by atoms with Crippen molar-refractivity contribution in [2.75, 3.05) is 16.8 Å². The Morgan fingerprint density at radius 3 is 2.55 bits per heavy atom. The Balaban J connectivity index is 2.20. The predicted octanol–water partition coefficient (Wildman–Crippen LogP) is 3.04. The van der Waals surface area contributed by atoms with Gasteiger partial charge >= 0.3 is 0 Å². The van der Waals surface area contributed by atoms with Crippen molar-refractivity contribution in [1.82, 2.24) is 0 Å². The summed E-state index contributed by atoms with van der Waals surface area (Å²) in [4.78, 5) is 14.1. The lowest BCUT2D eigenvalue weighted by Crippen LogP contribution is -2.25. The molecule has 3 rings (SSSR count). The average molecular weight is 263 g/mol. The van der Waals surface area contributed by atoms with Gasteiger partial charge in [-0.15, -0.1) is 0 Å². The summed E-state index contributed by atoms with van der Waals surface area (Å²) < 4.78 is 0. The van der Waals surface area contributed by atoms with Crippen LogP contribution in [0.3, 0.4) is 0 Å². The van der Waals surface area contributed by atoms with Crippen molar-refractivity contribution in [1.29, 1.82) is 5.26 Å². The number of carbonyl (C=O) groups excluding carboxylic acids is 1. The van der Waals surface area contributed by atoms with Gasteiger partial charge in [-0.2, -0.15) is 5.26 Å². The van der Waals surface area contributed by atoms with Crippen molar-refractivity contribution in [3.05, 3.63) is 54.1 Å². The highest BCUT2D eigenvalue weighted by atomic mass is 16.2. The molecule has 1 N–H and O–H groups in total. The lowest BCUT2D eigenvalue weighted by molar-refractivity contribution is -0.117. The largest absolute Gasteiger partial charge is 0.383 e. The van der Waals surface area contributed by atoms with Crippen molar-refractivity contribution in [3.63, 3.8) is 0 Å². The Bertz CT molecular complexity index is 703. The van der Waals surface area contributed by atoms with Crippen LogP contribution in [0.5, 0.6) is 0 Å². The molecule has 1 heterocycles. The number of fused-ring (bicyclic) bond motifs is 1. The first-order valence-electron chi connectivity index (χ1n) is 6.46. The zero-order valence-corrected chi connectivity index (χ0v) is 10.8. The molecule has 98 valence electrons. The van der Waals surface area contributed by atoms with Gasteiger partial charge < -0.3 is 5.32 Å². The Morgan fingerprint density at radius 1 is 1.05 bits per heavy atom. The number of para-hydroxylation sites is 3. The summed E-state index contributed by atoms with van der Waals surface area (Å²) >= 11 is 0. The summed E-state index contributed by atoms with van der Waals surface area (Å²) in [7, 11) is 0. The molecule has 4 heteroatoms. The lowest BCUT2D eigenvalue weighted by Gasteiger charge is -2.23. The highest BCUT2D eigenvalue weighted by Gasteiger charge is 2.24. The summed E-state index contributed by atoms with van der Waals surface area (Å²) in [5, 5.41) is 12.5. The first kappa shape index (κ1) is 12.2. The van der Waals surface area contributed by atoms with Crippen LogP contribution >= 0.6 is 0 Å². The molecule has 1 aliphatic rings. The van der Waals surface area contributed by atoms with Crippen molar-refractivity contribution < 1.29 is 4.79 Å². The second-order valence-electron chi connectivity index (χ2n) is 4.55. The van der Waals surface area contributed by atoms with Crippen LogP contribution < -0.4 is 10.2 Å². The minimum Gasteiger partial charge on any atom is -0.383 e. The topological polar surface area (TPSA) is 56.1 Å². The van der Waals surface area contributed by atoms with E-state index in [9.17, 15) is 10.1 Å². The maximum Gasteiger partial charge on any atom is 0.233 e. The molecule has 4 nitrogen and oxygen atoms in total. The number of rotatable bonds is 1. The van der Waals surface area contributed by atoms with Crippen LogP contribution in [0.2, 0.25) is 0 Å². The van der Waals surface area contributed by atoms with E-state index in [1.54, 1.807) is 23.1 Å². The average Bonchev–Trinajstić information content (AvgIpc) is 2.65. The first-order valence-corrected chi connectivity index (χ1v) is 6.46. The van der Waals surface area contributed by atoms with E-state index in [1.807, 2.05) is 30.3 Å². The number of nitrogens with one attached hydrogen (secondary N) is 1. The maximum atomic E-state index is 12.4. The molecule has 0 saturated heterocycles. The SMILES string of the molecule is N#Cc1ccccc1N1C(=O)CCNc2ccccc21. The third-order valence-electron chi connectivity index (χ3n) is 3.31. The van der Waals surface area contributed by atoms with Gasteiger partial charge in [-0.1, -0.05) is 24.3 Å². The van der Waals surface area contributed by atoms with Gasteiger partial charge in [-0.25, -0.2) is 0 Å². The van der Waals surface area contributed by atoms with E-state index in [1.165, 1.54) is 0 Å². The molecule has 0 aromatic heterocycles. The molecule has 20 heavy (non-hydrogen) atoms. The van der Waals surface area contributed by atoms with Gasteiger partial charge in [0.15, 0.2) is 0 Å². The summed E-state index contributed by atoms with van der Waals surface area (Å²) in [5.41, 5.74) is 2.83. The Kier molecular flexibility index (Phi) is 3.10. The number of nitriles is 1. The Morgan fingerprint density at radius 2 is 1.75 bits per heavy atom. The zero-order valence-electron chi connectivity index (χ0n) is 10.8. The van der Waals surface area contributed by atoms with Gasteiger partial charge in [0, 0.05) is 13.0 Å². The molecule has 0 aliphatic carbocycles. The molecule has 1 amide bonds. The third kappa shape index (κ3) is 1.99. The molecule has 0 fully saturated rings. The fourth-order valence-electron chi connectivity index (χ4n) is 2.40. The lowest BCUT2D eigenvalue weighted by atomic mass is 10.1. The molecule has 2 aromatic rings. The van der Waals surface area contributed by atoms with Gasteiger partial charge in [0.2, 0.25) is 5.91 Å². The first-order chi connectivity index (χ1) is 9.81. The van der Waals surface area contributed by atoms with Crippen LogP contribution in [0.15, 0.2) is 48.5 Å². The van der Waals surface area contributed by atoms with Gasteiger partial charge in [0.05, 0.1) is 22.6 Å². The minimum atomic E-state index is -0.00912. The van der Waals surface area contributed by atoms with Gasteiger partial charge in [0.1, 0.15) is 6.07 Å². The van der Waals surface area contributed by atoms with E-state index in [0.717, 1.165) is 11.4 Å². The predicted molar refractivity (Wildman–Crippen MR) is 77.9 cm³/mol. The molecule has 2 aromatic carbocycles. The molecule has 0 spiro atoms. The number of amides is 1.